The molecule has 0 bridgehead atoms. The van der Waals surface area contributed by atoms with Crippen LogP contribution < -0.4 is 4.74 Å². The van der Waals surface area contributed by atoms with Gasteiger partial charge in [-0.1, -0.05) is 36.4 Å². The summed E-state index contributed by atoms with van der Waals surface area (Å²) in [6.45, 7) is 6.65. The van der Waals surface area contributed by atoms with Gasteiger partial charge in [0.15, 0.2) is 0 Å². The lowest BCUT2D eigenvalue weighted by molar-refractivity contribution is 0.196. The Morgan fingerprint density at radius 1 is 1.13 bits per heavy atom. The highest BCUT2D eigenvalue weighted by molar-refractivity contribution is 5.85. The van der Waals surface area contributed by atoms with Crippen LogP contribution in [0.5, 0.6) is 5.75 Å². The Kier molecular flexibility index (Phi) is 4.83. The summed E-state index contributed by atoms with van der Waals surface area (Å²) in [6, 6.07) is 17.2. The molecule has 1 aliphatic rings. The van der Waals surface area contributed by atoms with Crippen molar-refractivity contribution in [2.45, 2.75) is 32.9 Å². The van der Waals surface area contributed by atoms with Crippen LogP contribution in [0, 0.1) is 6.92 Å². The Bertz CT molecular complexity index is 1190. The molecule has 3 heterocycles. The van der Waals surface area contributed by atoms with Gasteiger partial charge in [0.25, 0.3) is 0 Å². The van der Waals surface area contributed by atoms with E-state index < -0.39 is 0 Å². The van der Waals surface area contributed by atoms with Crippen molar-refractivity contribution in [1.29, 1.82) is 0 Å². The normalized spacial score (nSPS) is 16.7. The molecule has 0 saturated carbocycles. The molecule has 154 valence electrons. The van der Waals surface area contributed by atoms with Gasteiger partial charge in [0.1, 0.15) is 5.75 Å². The first-order chi connectivity index (χ1) is 14.7. The fraction of sp³-hybridized carbons (Fsp3) is 0.320. The molecule has 2 aromatic carbocycles. The maximum Gasteiger partial charge on any atom is 0.124 e. The van der Waals surface area contributed by atoms with E-state index in [0.29, 0.717) is 6.61 Å². The molecule has 1 N–H and O–H groups in total. The number of para-hydroxylation sites is 2. The maximum atomic E-state index is 6.05. The first-order valence-electron chi connectivity index (χ1n) is 10.7. The minimum Gasteiger partial charge on any atom is -0.494 e. The molecule has 4 aromatic rings. The van der Waals surface area contributed by atoms with Crippen molar-refractivity contribution >= 4 is 10.9 Å². The quantitative estimate of drug-likeness (QED) is 0.526. The van der Waals surface area contributed by atoms with Crippen LogP contribution in [-0.4, -0.2) is 32.8 Å². The van der Waals surface area contributed by atoms with Crippen LogP contribution in [0.4, 0.5) is 0 Å². The van der Waals surface area contributed by atoms with Gasteiger partial charge in [-0.3, -0.25) is 9.58 Å². The maximum absolute atomic E-state index is 6.05. The summed E-state index contributed by atoms with van der Waals surface area (Å²) in [5, 5.41) is 5.89. The summed E-state index contributed by atoms with van der Waals surface area (Å²) in [5.41, 5.74) is 7.51. The highest BCUT2D eigenvalue weighted by Crippen LogP contribution is 2.42. The lowest BCUT2D eigenvalue weighted by atomic mass is 9.91. The zero-order valence-corrected chi connectivity index (χ0v) is 17.9. The van der Waals surface area contributed by atoms with Crippen LogP contribution >= 0.6 is 0 Å². The van der Waals surface area contributed by atoms with Gasteiger partial charge in [-0.25, -0.2) is 0 Å². The molecule has 5 nitrogen and oxygen atoms in total. The first kappa shape index (κ1) is 18.9. The van der Waals surface area contributed by atoms with Gasteiger partial charge in [0.05, 0.1) is 18.3 Å². The van der Waals surface area contributed by atoms with Crippen molar-refractivity contribution in [2.24, 2.45) is 7.05 Å². The molecule has 0 spiro atoms. The van der Waals surface area contributed by atoms with Gasteiger partial charge in [0.2, 0.25) is 0 Å². The molecule has 30 heavy (non-hydrogen) atoms. The Morgan fingerprint density at radius 3 is 2.73 bits per heavy atom. The minimum atomic E-state index is 0.114. The predicted octanol–water partition coefficient (Wildman–Crippen LogP) is 4.76. The molecular weight excluding hydrogens is 372 g/mol. The van der Waals surface area contributed by atoms with Crippen molar-refractivity contribution in [3.05, 3.63) is 82.8 Å². The van der Waals surface area contributed by atoms with E-state index in [1.54, 1.807) is 0 Å². The second-order valence-electron chi connectivity index (χ2n) is 8.07. The Morgan fingerprint density at radius 2 is 1.93 bits per heavy atom. The van der Waals surface area contributed by atoms with Gasteiger partial charge < -0.3 is 9.72 Å². The predicted molar refractivity (Wildman–Crippen MR) is 120 cm³/mol. The average Bonchev–Trinajstić information content (AvgIpc) is 3.27. The third-order valence-electron chi connectivity index (χ3n) is 6.14. The van der Waals surface area contributed by atoms with Gasteiger partial charge in [-0.05, 0) is 38.0 Å². The third-order valence-corrected chi connectivity index (χ3v) is 6.14. The average molecular weight is 401 g/mol. The number of nitrogens with zero attached hydrogens (tertiary/aromatic N) is 3. The molecule has 2 aromatic heterocycles. The second kappa shape index (κ2) is 7.65. The fourth-order valence-electron chi connectivity index (χ4n) is 4.83. The number of hydrogen-bond donors (Lipinski definition) is 1. The lowest BCUT2D eigenvalue weighted by Crippen LogP contribution is -2.36. The molecule has 5 rings (SSSR count). The Balaban J connectivity index is 1.65. The van der Waals surface area contributed by atoms with Crippen LogP contribution in [-0.2, 0) is 20.0 Å². The smallest absolute Gasteiger partial charge is 0.124 e. The number of benzene rings is 2. The Hall–Kier alpha value is -3.05. The molecule has 0 radical (unpaired) electrons. The number of nitrogens with one attached hydrogen (secondary N) is 1. The van der Waals surface area contributed by atoms with Crippen molar-refractivity contribution in [1.82, 2.24) is 19.7 Å². The van der Waals surface area contributed by atoms with E-state index in [9.17, 15) is 0 Å². The number of aryl methyl sites for hydroxylation is 2. The number of ether oxygens (including phenoxy) is 1. The van der Waals surface area contributed by atoms with E-state index in [-0.39, 0.29) is 6.04 Å². The number of rotatable bonds is 5. The largest absolute Gasteiger partial charge is 0.494 e. The van der Waals surface area contributed by atoms with Gasteiger partial charge in [-0.15, -0.1) is 0 Å². The lowest BCUT2D eigenvalue weighted by Gasteiger charge is -2.36. The molecule has 1 aliphatic heterocycles. The van der Waals surface area contributed by atoms with Crippen LogP contribution in [0.2, 0.25) is 0 Å². The molecule has 1 unspecified atom stereocenters. The molecular formula is C25H28N4O. The number of aromatic amines is 1. The van der Waals surface area contributed by atoms with Crippen molar-refractivity contribution in [3.8, 4) is 5.75 Å². The highest BCUT2D eigenvalue weighted by atomic mass is 16.5. The summed E-state index contributed by atoms with van der Waals surface area (Å²) < 4.78 is 7.96. The summed E-state index contributed by atoms with van der Waals surface area (Å²) in [7, 11) is 1.99. The molecule has 5 heteroatoms. The van der Waals surface area contributed by atoms with E-state index in [4.69, 9.17) is 4.74 Å². The highest BCUT2D eigenvalue weighted by Gasteiger charge is 2.33. The molecule has 0 fully saturated rings. The summed E-state index contributed by atoms with van der Waals surface area (Å²) in [6.07, 6.45) is 3.17. The summed E-state index contributed by atoms with van der Waals surface area (Å²) in [4.78, 5) is 6.31. The number of aromatic nitrogens is 3. The van der Waals surface area contributed by atoms with Gasteiger partial charge in [-0.2, -0.15) is 5.10 Å². The zero-order chi connectivity index (χ0) is 20.7. The standard InChI is InChI=1S/C25H28N4O/c1-4-30-23-12-8-6-10-21(23)25-24-20(19-9-5-7-11-22(19)26-24)13-14-29(25)16-18-15-28(3)27-17(18)2/h5-12,15,25-26H,4,13-14,16H2,1-3H3. The molecule has 1 atom stereocenters. The van der Waals surface area contributed by atoms with Gasteiger partial charge in [0, 0.05) is 54.1 Å². The van der Waals surface area contributed by atoms with E-state index in [2.05, 4.69) is 76.6 Å². The Labute approximate surface area is 177 Å². The molecule has 0 aliphatic carbocycles. The minimum absolute atomic E-state index is 0.114. The van der Waals surface area contributed by atoms with Crippen molar-refractivity contribution < 1.29 is 4.74 Å². The number of hydrogen-bond acceptors (Lipinski definition) is 3. The second-order valence-corrected chi connectivity index (χ2v) is 8.07. The zero-order valence-electron chi connectivity index (χ0n) is 17.9. The van der Waals surface area contributed by atoms with E-state index in [0.717, 1.165) is 31.0 Å². The summed E-state index contributed by atoms with van der Waals surface area (Å²) in [5.74, 6) is 0.962. The number of H-pyrrole nitrogens is 1. The molecule has 0 amide bonds. The van der Waals surface area contributed by atoms with Crippen LogP contribution in [0.25, 0.3) is 10.9 Å². The van der Waals surface area contributed by atoms with E-state index in [1.165, 1.54) is 33.3 Å². The van der Waals surface area contributed by atoms with Crippen molar-refractivity contribution in [3.63, 3.8) is 0 Å². The topological polar surface area (TPSA) is 46.1 Å². The molecule has 0 saturated heterocycles. The van der Waals surface area contributed by atoms with Crippen LogP contribution in [0.3, 0.4) is 0 Å². The summed E-state index contributed by atoms with van der Waals surface area (Å²) >= 11 is 0. The van der Waals surface area contributed by atoms with Crippen LogP contribution in [0.1, 0.15) is 41.0 Å². The van der Waals surface area contributed by atoms with Crippen LogP contribution in [0.15, 0.2) is 54.7 Å². The SMILES string of the molecule is CCOc1ccccc1C1c2[nH]c3ccccc3c2CCN1Cc1cn(C)nc1C. The van der Waals surface area contributed by atoms with Gasteiger partial charge >= 0.3 is 0 Å². The third kappa shape index (κ3) is 3.19. The number of fused-ring (bicyclic) bond motifs is 3. The fourth-order valence-corrected chi connectivity index (χ4v) is 4.83. The van der Waals surface area contributed by atoms with E-state index >= 15 is 0 Å². The van der Waals surface area contributed by atoms with E-state index in [1.807, 2.05) is 18.7 Å². The van der Waals surface area contributed by atoms with Crippen molar-refractivity contribution in [2.75, 3.05) is 13.2 Å². The monoisotopic (exact) mass is 400 g/mol. The first-order valence-corrected chi connectivity index (χ1v) is 10.7.